The highest BCUT2D eigenvalue weighted by Crippen LogP contribution is 2.54. The molecule has 3 amide bonds. The van der Waals surface area contributed by atoms with E-state index >= 15 is 0 Å². The van der Waals surface area contributed by atoms with Gasteiger partial charge in [-0.05, 0) is 43.5 Å². The molecular weight excluding hydrogens is 466 g/mol. The predicted molar refractivity (Wildman–Crippen MR) is 125 cm³/mol. The van der Waals surface area contributed by atoms with Gasteiger partial charge in [-0.25, -0.2) is 0 Å². The fourth-order valence-electron chi connectivity index (χ4n) is 6.22. The summed E-state index contributed by atoms with van der Waals surface area (Å²) < 4.78 is 10.8. The number of fused-ring (bicyclic) bond motifs is 5. The van der Waals surface area contributed by atoms with Crippen molar-refractivity contribution >= 4 is 29.4 Å². The second kappa shape index (κ2) is 7.79. The van der Waals surface area contributed by atoms with E-state index in [0.717, 1.165) is 11.1 Å². The summed E-state index contributed by atoms with van der Waals surface area (Å²) >= 11 is 0. The fraction of sp³-hybridized carbons (Fsp3) is 0.385. The van der Waals surface area contributed by atoms with Crippen LogP contribution in [0.3, 0.4) is 0 Å². The van der Waals surface area contributed by atoms with Gasteiger partial charge in [-0.2, -0.15) is 0 Å². The molecule has 10 heteroatoms. The molecule has 4 heterocycles. The third-order valence-corrected chi connectivity index (χ3v) is 7.70. The zero-order chi connectivity index (χ0) is 25.4. The Morgan fingerprint density at radius 1 is 1.11 bits per heavy atom. The van der Waals surface area contributed by atoms with Gasteiger partial charge < -0.3 is 19.9 Å². The zero-order valence-corrected chi connectivity index (χ0v) is 19.8. The molecule has 36 heavy (non-hydrogen) atoms. The van der Waals surface area contributed by atoms with E-state index in [4.69, 9.17) is 9.47 Å². The maximum atomic E-state index is 13.9. The van der Waals surface area contributed by atoms with Crippen molar-refractivity contribution < 1.29 is 33.8 Å². The highest BCUT2D eigenvalue weighted by Gasteiger charge is 2.70. The summed E-state index contributed by atoms with van der Waals surface area (Å²) in [6.45, 7) is 3.92. The van der Waals surface area contributed by atoms with Gasteiger partial charge in [-0.1, -0.05) is 23.8 Å². The maximum absolute atomic E-state index is 13.9. The Labute approximate surface area is 206 Å². The number of carboxylic acids is 1. The molecule has 4 aliphatic rings. The summed E-state index contributed by atoms with van der Waals surface area (Å²) in [5.41, 5.74) is 2.28. The quantitative estimate of drug-likeness (QED) is 0.540. The summed E-state index contributed by atoms with van der Waals surface area (Å²) in [7, 11) is 0. The van der Waals surface area contributed by atoms with Crippen LogP contribution in [-0.4, -0.2) is 46.5 Å². The number of nitrogens with one attached hydrogen (secondary N) is 2. The number of anilines is 1. The molecule has 0 radical (unpaired) electrons. The number of likely N-dealkylation sites (tertiary alicyclic amines) is 1. The largest absolute Gasteiger partial charge is 0.481 e. The molecule has 2 fully saturated rings. The van der Waals surface area contributed by atoms with Gasteiger partial charge in [0.2, 0.25) is 24.5 Å². The molecule has 2 aromatic rings. The Morgan fingerprint density at radius 3 is 2.67 bits per heavy atom. The number of hydrogen-bond donors (Lipinski definition) is 3. The second-order valence-corrected chi connectivity index (χ2v) is 9.90. The first-order valence-corrected chi connectivity index (χ1v) is 11.9. The first kappa shape index (κ1) is 22.5. The molecule has 0 aliphatic carbocycles. The summed E-state index contributed by atoms with van der Waals surface area (Å²) in [5.74, 6) is -2.97. The number of carbonyl (C=O) groups excluding carboxylic acids is 3. The molecule has 1 spiro atoms. The highest BCUT2D eigenvalue weighted by atomic mass is 16.7. The zero-order valence-electron chi connectivity index (χ0n) is 19.8. The minimum absolute atomic E-state index is 0.0182. The van der Waals surface area contributed by atoms with Crippen LogP contribution in [0.1, 0.15) is 35.1 Å². The number of aryl methyl sites for hydroxylation is 2. The lowest BCUT2D eigenvalue weighted by atomic mass is 9.75. The summed E-state index contributed by atoms with van der Waals surface area (Å²) in [4.78, 5) is 53.8. The number of imide groups is 1. The molecule has 0 bridgehead atoms. The second-order valence-electron chi connectivity index (χ2n) is 9.90. The van der Waals surface area contributed by atoms with Gasteiger partial charge in [0.25, 0.3) is 0 Å². The lowest BCUT2D eigenvalue weighted by Crippen LogP contribution is -2.53. The van der Waals surface area contributed by atoms with E-state index in [9.17, 15) is 24.3 Å². The average Bonchev–Trinajstić information content (AvgIpc) is 3.55. The molecule has 2 aromatic carbocycles. The van der Waals surface area contributed by atoms with Crippen molar-refractivity contribution in [3.05, 3.63) is 52.6 Å². The summed E-state index contributed by atoms with van der Waals surface area (Å²) in [6, 6.07) is 8.39. The molecule has 3 N–H and O–H groups in total. The fourth-order valence-corrected chi connectivity index (χ4v) is 6.22. The molecule has 4 atom stereocenters. The van der Waals surface area contributed by atoms with Crippen molar-refractivity contribution in [1.82, 2.24) is 10.2 Å². The van der Waals surface area contributed by atoms with E-state index in [2.05, 4.69) is 10.6 Å². The van der Waals surface area contributed by atoms with E-state index in [1.165, 1.54) is 4.90 Å². The number of carboxylic acid groups (broad SMARTS) is 1. The molecule has 6 rings (SSSR count). The topological polar surface area (TPSA) is 134 Å². The van der Waals surface area contributed by atoms with E-state index in [1.807, 2.05) is 26.0 Å². The van der Waals surface area contributed by atoms with Crippen LogP contribution in [0.2, 0.25) is 0 Å². The smallest absolute Gasteiger partial charge is 0.303 e. The lowest BCUT2D eigenvalue weighted by molar-refractivity contribution is -0.144. The monoisotopic (exact) mass is 491 g/mol. The van der Waals surface area contributed by atoms with E-state index in [1.54, 1.807) is 18.2 Å². The third kappa shape index (κ3) is 3.07. The molecule has 2 saturated heterocycles. The lowest BCUT2D eigenvalue weighted by Gasteiger charge is -2.30. The van der Waals surface area contributed by atoms with Crippen LogP contribution < -0.4 is 20.1 Å². The number of ether oxygens (including phenoxy) is 2. The molecule has 0 saturated carbocycles. The van der Waals surface area contributed by atoms with Gasteiger partial charge >= 0.3 is 5.97 Å². The third-order valence-electron chi connectivity index (χ3n) is 7.70. The van der Waals surface area contributed by atoms with E-state index in [-0.39, 0.29) is 26.2 Å². The first-order chi connectivity index (χ1) is 17.2. The van der Waals surface area contributed by atoms with Gasteiger partial charge in [0.15, 0.2) is 11.5 Å². The van der Waals surface area contributed by atoms with Gasteiger partial charge in [-0.3, -0.25) is 29.4 Å². The number of rotatable bonds is 5. The first-order valence-electron chi connectivity index (χ1n) is 11.9. The Kier molecular flexibility index (Phi) is 4.88. The van der Waals surface area contributed by atoms with Crippen molar-refractivity contribution in [2.45, 2.75) is 44.8 Å². The number of benzene rings is 2. The van der Waals surface area contributed by atoms with Crippen LogP contribution in [-0.2, 0) is 31.3 Å². The normalized spacial score (nSPS) is 27.6. The maximum Gasteiger partial charge on any atom is 0.303 e. The number of carbonyl (C=O) groups is 4. The van der Waals surface area contributed by atoms with Crippen LogP contribution in [0, 0.1) is 25.7 Å². The number of aliphatic carboxylic acids is 1. The van der Waals surface area contributed by atoms with Crippen molar-refractivity contribution in [3.8, 4) is 11.5 Å². The average molecular weight is 492 g/mol. The Balaban J connectivity index is 1.42. The Bertz CT molecular complexity index is 1360. The molecule has 4 aliphatic heterocycles. The van der Waals surface area contributed by atoms with E-state index < -0.39 is 47.1 Å². The SMILES string of the molecule is Cc1cc(C)c2c(c1)C1(NC(CCC(=O)O)C3C(=O)N(Cc4ccc5c(c4)OCO5)C(=O)C31)C(=O)N2. The standard InChI is InChI=1S/C26H25N3O7/c1-12-7-13(2)22-15(8-12)26(25(34)27-22)21-20(16(28-26)4-6-19(30)31)23(32)29(24(21)33)10-14-3-5-17-18(9-14)36-11-35-17/h3,5,7-9,16,20-21,28H,4,6,10-11H2,1-2H3,(H,27,34)(H,30,31). The predicted octanol–water partition coefficient (Wildman–Crippen LogP) is 1.82. The molecule has 0 aromatic heterocycles. The number of amides is 3. The highest BCUT2D eigenvalue weighted by molar-refractivity contribution is 6.15. The molecule has 10 nitrogen and oxygen atoms in total. The van der Waals surface area contributed by atoms with Crippen molar-refractivity contribution in [1.29, 1.82) is 0 Å². The van der Waals surface area contributed by atoms with Crippen LogP contribution in [0.4, 0.5) is 5.69 Å². The van der Waals surface area contributed by atoms with E-state index in [0.29, 0.717) is 28.3 Å². The number of nitrogens with zero attached hydrogens (tertiary/aromatic N) is 1. The summed E-state index contributed by atoms with van der Waals surface area (Å²) in [5, 5.41) is 15.5. The van der Waals surface area contributed by atoms with Gasteiger partial charge in [-0.15, -0.1) is 0 Å². The van der Waals surface area contributed by atoms with Crippen molar-refractivity contribution in [3.63, 3.8) is 0 Å². The van der Waals surface area contributed by atoms with Crippen LogP contribution in [0.15, 0.2) is 30.3 Å². The molecule has 186 valence electrons. The van der Waals surface area contributed by atoms with Gasteiger partial charge in [0, 0.05) is 23.7 Å². The van der Waals surface area contributed by atoms with Crippen LogP contribution in [0.25, 0.3) is 0 Å². The summed E-state index contributed by atoms with van der Waals surface area (Å²) in [6.07, 6.45) is -0.0789. The molecule has 4 unspecified atom stereocenters. The van der Waals surface area contributed by atoms with Crippen LogP contribution in [0.5, 0.6) is 11.5 Å². The number of hydrogen-bond acceptors (Lipinski definition) is 7. The molecular formula is C26H25N3O7. The van der Waals surface area contributed by atoms with Gasteiger partial charge in [0.1, 0.15) is 5.54 Å². The van der Waals surface area contributed by atoms with Crippen LogP contribution >= 0.6 is 0 Å². The Hall–Kier alpha value is -3.92. The Morgan fingerprint density at radius 2 is 1.89 bits per heavy atom. The minimum atomic E-state index is -1.45. The van der Waals surface area contributed by atoms with Crippen molar-refractivity contribution in [2.75, 3.05) is 12.1 Å². The van der Waals surface area contributed by atoms with Crippen molar-refractivity contribution in [2.24, 2.45) is 11.8 Å². The minimum Gasteiger partial charge on any atom is -0.481 e. The van der Waals surface area contributed by atoms with Gasteiger partial charge in [0.05, 0.1) is 18.4 Å².